The van der Waals surface area contributed by atoms with E-state index in [4.69, 9.17) is 10.5 Å². The second-order valence-corrected chi connectivity index (χ2v) is 5.36. The minimum absolute atomic E-state index is 0.217. The zero-order chi connectivity index (χ0) is 11.6. The molecular formula is C11H22N2O2. The monoisotopic (exact) mass is 214 g/mol. The maximum Gasteiger partial charge on any atom is 0.410 e. The molecule has 0 bridgehead atoms. The Labute approximate surface area is 91.8 Å². The lowest BCUT2D eigenvalue weighted by molar-refractivity contribution is 0.0285. The summed E-state index contributed by atoms with van der Waals surface area (Å²) in [6.07, 6.45) is -0.217. The van der Waals surface area contributed by atoms with Crippen molar-refractivity contribution in [2.75, 3.05) is 19.6 Å². The van der Waals surface area contributed by atoms with Gasteiger partial charge in [-0.2, -0.15) is 0 Å². The molecular weight excluding hydrogens is 192 g/mol. The van der Waals surface area contributed by atoms with Crippen molar-refractivity contribution in [3.8, 4) is 0 Å². The van der Waals surface area contributed by atoms with Gasteiger partial charge in [0.05, 0.1) is 0 Å². The van der Waals surface area contributed by atoms with Crippen molar-refractivity contribution >= 4 is 6.09 Å². The predicted molar refractivity (Wildman–Crippen MR) is 59.5 cm³/mol. The van der Waals surface area contributed by atoms with Crippen LogP contribution in [0.3, 0.4) is 0 Å². The fourth-order valence-electron chi connectivity index (χ4n) is 1.82. The van der Waals surface area contributed by atoms with Gasteiger partial charge in [-0.05, 0) is 39.2 Å². The summed E-state index contributed by atoms with van der Waals surface area (Å²) in [7, 11) is 0. The molecule has 0 saturated carbocycles. The third kappa shape index (κ3) is 3.38. The van der Waals surface area contributed by atoms with Gasteiger partial charge in [-0.15, -0.1) is 0 Å². The highest BCUT2D eigenvalue weighted by molar-refractivity contribution is 5.68. The highest BCUT2D eigenvalue weighted by Crippen LogP contribution is 2.23. The molecule has 1 fully saturated rings. The van der Waals surface area contributed by atoms with E-state index in [1.807, 2.05) is 20.8 Å². The molecule has 4 heteroatoms. The van der Waals surface area contributed by atoms with Gasteiger partial charge in [-0.3, -0.25) is 0 Å². The molecule has 0 unspecified atom stereocenters. The highest BCUT2D eigenvalue weighted by atomic mass is 16.6. The minimum Gasteiger partial charge on any atom is -0.444 e. The Morgan fingerprint density at radius 3 is 2.47 bits per heavy atom. The van der Waals surface area contributed by atoms with Crippen LogP contribution in [0.15, 0.2) is 0 Å². The summed E-state index contributed by atoms with van der Waals surface area (Å²) >= 11 is 0. The molecule has 1 amide bonds. The van der Waals surface area contributed by atoms with Crippen molar-refractivity contribution in [3.05, 3.63) is 0 Å². The number of rotatable bonds is 1. The summed E-state index contributed by atoms with van der Waals surface area (Å²) in [6, 6.07) is 0. The second kappa shape index (κ2) is 4.39. The summed E-state index contributed by atoms with van der Waals surface area (Å²) in [6.45, 7) is 9.90. The summed E-state index contributed by atoms with van der Waals surface area (Å²) in [5, 5.41) is 0. The van der Waals surface area contributed by atoms with Gasteiger partial charge >= 0.3 is 6.09 Å². The lowest BCUT2D eigenvalue weighted by atomic mass is 9.99. The van der Waals surface area contributed by atoms with Crippen LogP contribution in [0.4, 0.5) is 4.79 Å². The van der Waals surface area contributed by atoms with E-state index >= 15 is 0 Å². The third-order valence-electron chi connectivity index (χ3n) is 2.72. The fourth-order valence-corrected chi connectivity index (χ4v) is 1.82. The highest BCUT2D eigenvalue weighted by Gasteiger charge is 2.33. The number of hydrogen-bond donors (Lipinski definition) is 1. The fraction of sp³-hybridized carbons (Fsp3) is 0.909. The SMILES string of the molecule is C[C@H]1CN(C(=O)OC(C)(C)C)C[C@H]1CN. The Bertz CT molecular complexity index is 235. The smallest absolute Gasteiger partial charge is 0.410 e. The van der Waals surface area contributed by atoms with E-state index in [2.05, 4.69) is 6.92 Å². The van der Waals surface area contributed by atoms with E-state index in [1.165, 1.54) is 0 Å². The largest absolute Gasteiger partial charge is 0.444 e. The molecule has 0 aromatic rings. The van der Waals surface area contributed by atoms with E-state index < -0.39 is 5.60 Å². The van der Waals surface area contributed by atoms with Crippen LogP contribution >= 0.6 is 0 Å². The normalized spacial score (nSPS) is 26.9. The van der Waals surface area contributed by atoms with Gasteiger partial charge in [-0.25, -0.2) is 4.79 Å². The summed E-state index contributed by atoms with van der Waals surface area (Å²) < 4.78 is 5.31. The number of nitrogens with zero attached hydrogens (tertiary/aromatic N) is 1. The lowest BCUT2D eigenvalue weighted by Crippen LogP contribution is -2.35. The number of carbonyl (C=O) groups excluding carboxylic acids is 1. The first-order valence-corrected chi connectivity index (χ1v) is 5.51. The standard InChI is InChI=1S/C11H22N2O2/c1-8-6-13(7-9(8)5-12)10(14)15-11(2,3)4/h8-9H,5-7,12H2,1-4H3/t8-,9+/m0/s1. The number of nitrogens with two attached hydrogens (primary N) is 1. The maximum absolute atomic E-state index is 11.7. The van der Waals surface area contributed by atoms with Crippen molar-refractivity contribution < 1.29 is 9.53 Å². The zero-order valence-corrected chi connectivity index (χ0v) is 10.1. The molecule has 1 rings (SSSR count). The van der Waals surface area contributed by atoms with Crippen LogP contribution in [0.2, 0.25) is 0 Å². The number of carbonyl (C=O) groups is 1. The molecule has 0 radical (unpaired) electrons. The quantitative estimate of drug-likeness (QED) is 0.718. The first kappa shape index (κ1) is 12.3. The summed E-state index contributed by atoms with van der Waals surface area (Å²) in [5.74, 6) is 0.889. The molecule has 1 aliphatic heterocycles. The minimum atomic E-state index is -0.416. The molecule has 2 N–H and O–H groups in total. The molecule has 0 spiro atoms. The van der Waals surface area contributed by atoms with Crippen molar-refractivity contribution in [1.29, 1.82) is 0 Å². The molecule has 0 aliphatic carbocycles. The number of ether oxygens (including phenoxy) is 1. The van der Waals surface area contributed by atoms with E-state index in [-0.39, 0.29) is 6.09 Å². The van der Waals surface area contributed by atoms with Crippen LogP contribution < -0.4 is 5.73 Å². The van der Waals surface area contributed by atoms with Crippen LogP contribution in [0, 0.1) is 11.8 Å². The maximum atomic E-state index is 11.7. The number of hydrogen-bond acceptors (Lipinski definition) is 3. The first-order chi connectivity index (χ1) is 6.83. The molecule has 1 heterocycles. The van der Waals surface area contributed by atoms with Gasteiger partial charge in [0.2, 0.25) is 0 Å². The van der Waals surface area contributed by atoms with Crippen molar-refractivity contribution in [1.82, 2.24) is 4.90 Å². The van der Waals surface area contributed by atoms with Gasteiger partial charge in [0.25, 0.3) is 0 Å². The average molecular weight is 214 g/mol. The van der Waals surface area contributed by atoms with Crippen LogP contribution in [0.1, 0.15) is 27.7 Å². The van der Waals surface area contributed by atoms with E-state index in [0.717, 1.165) is 13.1 Å². The average Bonchev–Trinajstić information content (AvgIpc) is 2.43. The molecule has 2 atom stereocenters. The van der Waals surface area contributed by atoms with Crippen molar-refractivity contribution in [2.24, 2.45) is 17.6 Å². The molecule has 1 saturated heterocycles. The van der Waals surface area contributed by atoms with Crippen molar-refractivity contribution in [2.45, 2.75) is 33.3 Å². The summed E-state index contributed by atoms with van der Waals surface area (Å²) in [5.41, 5.74) is 5.22. The first-order valence-electron chi connectivity index (χ1n) is 5.51. The van der Waals surface area contributed by atoms with Gasteiger partial charge in [-0.1, -0.05) is 6.92 Å². The molecule has 1 aliphatic rings. The Balaban J connectivity index is 2.50. The zero-order valence-electron chi connectivity index (χ0n) is 10.1. The molecule has 0 aromatic carbocycles. The number of amides is 1. The van der Waals surface area contributed by atoms with Gasteiger partial charge < -0.3 is 15.4 Å². The van der Waals surface area contributed by atoms with Gasteiger partial charge in [0, 0.05) is 13.1 Å². The second-order valence-electron chi connectivity index (χ2n) is 5.36. The van der Waals surface area contributed by atoms with Crippen LogP contribution in [-0.4, -0.2) is 36.2 Å². The third-order valence-corrected chi connectivity index (χ3v) is 2.72. The van der Waals surface area contributed by atoms with Gasteiger partial charge in [0.1, 0.15) is 5.60 Å². The Morgan fingerprint density at radius 2 is 2.07 bits per heavy atom. The van der Waals surface area contributed by atoms with Crippen molar-refractivity contribution in [3.63, 3.8) is 0 Å². The Hall–Kier alpha value is -0.770. The van der Waals surface area contributed by atoms with E-state index in [1.54, 1.807) is 4.90 Å². The lowest BCUT2D eigenvalue weighted by Gasteiger charge is -2.24. The summed E-state index contributed by atoms with van der Waals surface area (Å²) in [4.78, 5) is 13.5. The molecule has 88 valence electrons. The van der Waals surface area contributed by atoms with Crippen LogP contribution in [0.5, 0.6) is 0 Å². The van der Waals surface area contributed by atoms with Crippen LogP contribution in [-0.2, 0) is 4.74 Å². The Morgan fingerprint density at radius 1 is 1.47 bits per heavy atom. The van der Waals surface area contributed by atoms with Gasteiger partial charge in [0.15, 0.2) is 0 Å². The predicted octanol–water partition coefficient (Wildman–Crippen LogP) is 1.45. The molecule has 0 aromatic heterocycles. The molecule has 15 heavy (non-hydrogen) atoms. The number of likely N-dealkylation sites (tertiary alicyclic amines) is 1. The van der Waals surface area contributed by atoms with E-state index in [0.29, 0.717) is 18.4 Å². The van der Waals surface area contributed by atoms with Crippen LogP contribution in [0.25, 0.3) is 0 Å². The molecule has 4 nitrogen and oxygen atoms in total. The topological polar surface area (TPSA) is 55.6 Å². The Kier molecular flexibility index (Phi) is 3.60. The van der Waals surface area contributed by atoms with E-state index in [9.17, 15) is 4.79 Å².